The van der Waals surface area contributed by atoms with E-state index in [1.165, 1.54) is 6.08 Å². The Labute approximate surface area is 134 Å². The summed E-state index contributed by atoms with van der Waals surface area (Å²) in [7, 11) is 1.87. The molecule has 6 heteroatoms. The second-order valence-corrected chi connectivity index (χ2v) is 4.77. The Balaban J connectivity index is 2.00. The number of anilines is 4. The molecule has 0 spiro atoms. The topological polar surface area (TPSA) is 103 Å². The first-order valence-electron chi connectivity index (χ1n) is 7.05. The van der Waals surface area contributed by atoms with Gasteiger partial charge in [0.15, 0.2) is 0 Å². The number of carbonyl (C=O) groups is 1. The molecule has 1 amide bonds. The highest BCUT2D eigenvalue weighted by atomic mass is 16.2. The standard InChI is InChI=1S/C17H19N5O/c1-20-12-2-4-13(5-3-12)21-14-6-8-15(9-7-14)22-17(23)16(19)10-11-18/h2-11,18,20-21H,19H2,1H3,(H,22,23). The van der Waals surface area contributed by atoms with E-state index in [1.807, 2.05) is 43.4 Å². The predicted octanol–water partition coefficient (Wildman–Crippen LogP) is 2.90. The van der Waals surface area contributed by atoms with Crippen LogP contribution in [0.3, 0.4) is 0 Å². The minimum Gasteiger partial charge on any atom is -0.394 e. The Bertz CT molecular complexity index is 705. The summed E-state index contributed by atoms with van der Waals surface area (Å²) in [5, 5.41) is 15.9. The summed E-state index contributed by atoms with van der Waals surface area (Å²) in [5.74, 6) is -0.433. The third-order valence-corrected chi connectivity index (χ3v) is 3.13. The van der Waals surface area contributed by atoms with Gasteiger partial charge in [-0.25, -0.2) is 0 Å². The van der Waals surface area contributed by atoms with Gasteiger partial charge in [-0.2, -0.15) is 0 Å². The number of nitrogens with one attached hydrogen (secondary N) is 4. The van der Waals surface area contributed by atoms with E-state index in [1.54, 1.807) is 12.1 Å². The van der Waals surface area contributed by atoms with Crippen molar-refractivity contribution in [3.8, 4) is 0 Å². The smallest absolute Gasteiger partial charge is 0.271 e. The summed E-state index contributed by atoms with van der Waals surface area (Å²) in [6.45, 7) is 0. The average molecular weight is 309 g/mol. The molecule has 23 heavy (non-hydrogen) atoms. The highest BCUT2D eigenvalue weighted by molar-refractivity contribution is 6.05. The second kappa shape index (κ2) is 7.65. The van der Waals surface area contributed by atoms with Crippen molar-refractivity contribution in [1.82, 2.24) is 0 Å². The Morgan fingerprint density at radius 3 is 1.91 bits per heavy atom. The quantitative estimate of drug-likeness (QED) is 0.418. The molecule has 0 saturated carbocycles. The van der Waals surface area contributed by atoms with Gasteiger partial charge in [-0.05, 0) is 54.6 Å². The number of amides is 1. The van der Waals surface area contributed by atoms with E-state index in [9.17, 15) is 4.79 Å². The van der Waals surface area contributed by atoms with Crippen LogP contribution in [0.1, 0.15) is 0 Å². The maximum absolute atomic E-state index is 11.7. The maximum Gasteiger partial charge on any atom is 0.271 e. The summed E-state index contributed by atoms with van der Waals surface area (Å²) < 4.78 is 0. The normalized spacial score (nSPS) is 10.7. The number of rotatable bonds is 6. The van der Waals surface area contributed by atoms with Crippen LogP contribution in [0.5, 0.6) is 0 Å². The van der Waals surface area contributed by atoms with Crippen LogP contribution in [-0.2, 0) is 4.79 Å². The van der Waals surface area contributed by atoms with Crippen molar-refractivity contribution in [2.45, 2.75) is 0 Å². The van der Waals surface area contributed by atoms with Gasteiger partial charge in [-0.3, -0.25) is 4.79 Å². The molecule has 0 bridgehead atoms. The first-order chi connectivity index (χ1) is 11.1. The van der Waals surface area contributed by atoms with Crippen LogP contribution in [0.2, 0.25) is 0 Å². The SMILES string of the molecule is CNc1ccc(Nc2ccc(NC(=O)C(N)=CC=N)cc2)cc1. The third kappa shape index (κ3) is 4.60. The van der Waals surface area contributed by atoms with Crippen LogP contribution in [0.4, 0.5) is 22.7 Å². The van der Waals surface area contributed by atoms with Crippen LogP contribution in [0, 0.1) is 5.41 Å². The van der Waals surface area contributed by atoms with E-state index in [4.69, 9.17) is 11.1 Å². The zero-order valence-corrected chi connectivity index (χ0v) is 12.8. The van der Waals surface area contributed by atoms with Crippen molar-refractivity contribution in [3.63, 3.8) is 0 Å². The number of nitrogens with two attached hydrogens (primary N) is 1. The van der Waals surface area contributed by atoms with E-state index < -0.39 is 5.91 Å². The molecule has 6 N–H and O–H groups in total. The molecule has 0 unspecified atom stereocenters. The van der Waals surface area contributed by atoms with Crippen LogP contribution < -0.4 is 21.7 Å². The van der Waals surface area contributed by atoms with Crippen molar-refractivity contribution in [2.75, 3.05) is 23.0 Å². The molecular weight excluding hydrogens is 290 g/mol. The minimum atomic E-state index is -0.433. The van der Waals surface area contributed by atoms with Crippen LogP contribution in [0.15, 0.2) is 60.3 Å². The van der Waals surface area contributed by atoms with Gasteiger partial charge in [-0.15, -0.1) is 0 Å². The van der Waals surface area contributed by atoms with Crippen LogP contribution >= 0.6 is 0 Å². The summed E-state index contributed by atoms with van der Waals surface area (Å²) in [6, 6.07) is 15.2. The zero-order chi connectivity index (χ0) is 16.7. The molecular formula is C17H19N5O. The van der Waals surface area contributed by atoms with Crippen molar-refractivity contribution >= 4 is 34.9 Å². The number of hydrogen-bond acceptors (Lipinski definition) is 5. The van der Waals surface area contributed by atoms with E-state index in [0.717, 1.165) is 23.3 Å². The molecule has 0 fully saturated rings. The highest BCUT2D eigenvalue weighted by Gasteiger charge is 2.05. The molecule has 0 heterocycles. The fourth-order valence-corrected chi connectivity index (χ4v) is 1.89. The van der Waals surface area contributed by atoms with Crippen molar-refractivity contribution in [1.29, 1.82) is 5.41 Å². The lowest BCUT2D eigenvalue weighted by atomic mass is 10.2. The van der Waals surface area contributed by atoms with Gasteiger partial charge in [0.25, 0.3) is 5.91 Å². The lowest BCUT2D eigenvalue weighted by Crippen LogP contribution is -2.20. The summed E-state index contributed by atoms with van der Waals surface area (Å²) in [5.41, 5.74) is 9.06. The largest absolute Gasteiger partial charge is 0.394 e. The van der Waals surface area contributed by atoms with Gasteiger partial charge < -0.3 is 27.1 Å². The van der Waals surface area contributed by atoms with E-state index in [-0.39, 0.29) is 5.70 Å². The average Bonchev–Trinajstić information content (AvgIpc) is 2.57. The van der Waals surface area contributed by atoms with E-state index in [2.05, 4.69) is 16.0 Å². The zero-order valence-electron chi connectivity index (χ0n) is 12.8. The Hall–Kier alpha value is -3.28. The lowest BCUT2D eigenvalue weighted by Gasteiger charge is -2.09. The summed E-state index contributed by atoms with van der Waals surface area (Å²) in [4.78, 5) is 11.7. The molecule has 0 aliphatic heterocycles. The molecule has 2 rings (SSSR count). The minimum absolute atomic E-state index is 0.00757. The van der Waals surface area contributed by atoms with Gasteiger partial charge in [0.2, 0.25) is 0 Å². The lowest BCUT2D eigenvalue weighted by molar-refractivity contribution is -0.112. The fourth-order valence-electron chi connectivity index (χ4n) is 1.89. The van der Waals surface area contributed by atoms with Crippen LogP contribution in [-0.4, -0.2) is 19.2 Å². The Morgan fingerprint density at radius 2 is 1.43 bits per heavy atom. The molecule has 0 aliphatic rings. The van der Waals surface area contributed by atoms with Gasteiger partial charge in [0.05, 0.1) is 5.70 Å². The van der Waals surface area contributed by atoms with E-state index in [0.29, 0.717) is 5.69 Å². The number of allylic oxidation sites excluding steroid dienone is 1. The summed E-state index contributed by atoms with van der Waals surface area (Å²) in [6.07, 6.45) is 2.21. The second-order valence-electron chi connectivity index (χ2n) is 4.77. The van der Waals surface area contributed by atoms with Crippen molar-refractivity contribution in [3.05, 3.63) is 60.3 Å². The molecule has 2 aromatic carbocycles. The Kier molecular flexibility index (Phi) is 5.35. The van der Waals surface area contributed by atoms with Gasteiger partial charge in [0.1, 0.15) is 0 Å². The highest BCUT2D eigenvalue weighted by Crippen LogP contribution is 2.20. The van der Waals surface area contributed by atoms with Gasteiger partial charge in [0, 0.05) is 36.0 Å². The van der Waals surface area contributed by atoms with Crippen molar-refractivity contribution in [2.24, 2.45) is 5.73 Å². The maximum atomic E-state index is 11.7. The molecule has 0 aliphatic carbocycles. The number of benzene rings is 2. The van der Waals surface area contributed by atoms with Gasteiger partial charge in [-0.1, -0.05) is 0 Å². The molecule has 0 saturated heterocycles. The predicted molar refractivity (Wildman–Crippen MR) is 95.4 cm³/mol. The monoisotopic (exact) mass is 309 g/mol. The molecule has 2 aromatic rings. The molecule has 118 valence electrons. The Morgan fingerprint density at radius 1 is 0.957 bits per heavy atom. The van der Waals surface area contributed by atoms with E-state index >= 15 is 0 Å². The summed E-state index contributed by atoms with van der Waals surface area (Å²) >= 11 is 0. The van der Waals surface area contributed by atoms with Gasteiger partial charge >= 0.3 is 0 Å². The first kappa shape index (κ1) is 16.1. The number of carbonyl (C=O) groups excluding carboxylic acids is 1. The number of hydrogen-bond donors (Lipinski definition) is 5. The molecule has 0 radical (unpaired) electrons. The van der Waals surface area contributed by atoms with Crippen LogP contribution in [0.25, 0.3) is 0 Å². The third-order valence-electron chi connectivity index (χ3n) is 3.13. The van der Waals surface area contributed by atoms with Crippen molar-refractivity contribution < 1.29 is 4.79 Å². The fraction of sp³-hybridized carbons (Fsp3) is 0.0588. The first-order valence-corrected chi connectivity index (χ1v) is 7.05. The molecule has 0 atom stereocenters. The molecule has 0 aromatic heterocycles. The molecule has 6 nitrogen and oxygen atoms in total.